The highest BCUT2D eigenvalue weighted by molar-refractivity contribution is 9.10. The molecule has 1 aromatic carbocycles. The second kappa shape index (κ2) is 6.10. The first-order chi connectivity index (χ1) is 9.45. The largest absolute Gasteiger partial charge is 0.326 e. The Kier molecular flexibility index (Phi) is 4.66. The van der Waals surface area contributed by atoms with Gasteiger partial charge in [0.1, 0.15) is 0 Å². The van der Waals surface area contributed by atoms with Crippen LogP contribution in [0.15, 0.2) is 28.7 Å². The van der Waals surface area contributed by atoms with Crippen LogP contribution < -0.4 is 5.73 Å². The number of benzene rings is 1. The van der Waals surface area contributed by atoms with Gasteiger partial charge in [-0.2, -0.15) is 5.10 Å². The Morgan fingerprint density at radius 3 is 2.55 bits per heavy atom. The van der Waals surface area contributed by atoms with Crippen molar-refractivity contribution in [1.82, 2.24) is 9.78 Å². The number of aryl methyl sites for hydroxylation is 1. The fraction of sp³-hybridized carbons (Fsp3) is 0.438. The van der Waals surface area contributed by atoms with E-state index in [1.807, 2.05) is 19.1 Å². The zero-order chi connectivity index (χ0) is 14.9. The first-order valence-corrected chi connectivity index (χ1v) is 7.80. The van der Waals surface area contributed by atoms with Crippen LogP contribution in [0.25, 0.3) is 0 Å². The number of hydrogen-bond acceptors (Lipinski definition) is 2. The van der Waals surface area contributed by atoms with E-state index >= 15 is 0 Å². The van der Waals surface area contributed by atoms with E-state index in [9.17, 15) is 0 Å². The van der Waals surface area contributed by atoms with Crippen molar-refractivity contribution in [3.63, 3.8) is 0 Å². The van der Waals surface area contributed by atoms with Crippen molar-refractivity contribution in [1.29, 1.82) is 0 Å². The van der Waals surface area contributed by atoms with Crippen LogP contribution in [0.1, 0.15) is 42.4 Å². The van der Waals surface area contributed by atoms with Gasteiger partial charge in [0, 0.05) is 16.2 Å². The van der Waals surface area contributed by atoms with Crippen LogP contribution in [0.2, 0.25) is 0 Å². The van der Waals surface area contributed by atoms with E-state index in [1.54, 1.807) is 0 Å². The Labute approximate surface area is 129 Å². The summed E-state index contributed by atoms with van der Waals surface area (Å²) in [6, 6.07) is 8.36. The normalized spacial score (nSPS) is 14.3. The standard InChI is InChI=1S/C16H22BrN3/c1-5-15-11(3)19-20(12(15)4)16(10(2)18)13-7-6-8-14(17)9-13/h6-10,16H,5,18H2,1-4H3. The SMILES string of the molecule is CCc1c(C)nn(C(c2cccc(Br)c2)C(C)N)c1C. The van der Waals surface area contributed by atoms with Gasteiger partial charge in [0.05, 0.1) is 11.7 Å². The van der Waals surface area contributed by atoms with Crippen LogP contribution in [0.5, 0.6) is 0 Å². The van der Waals surface area contributed by atoms with Crippen LogP contribution in [-0.2, 0) is 6.42 Å². The molecule has 4 heteroatoms. The highest BCUT2D eigenvalue weighted by atomic mass is 79.9. The van der Waals surface area contributed by atoms with Gasteiger partial charge in [-0.05, 0) is 50.5 Å². The van der Waals surface area contributed by atoms with Crippen molar-refractivity contribution in [3.05, 3.63) is 51.3 Å². The van der Waals surface area contributed by atoms with Crippen molar-refractivity contribution in [2.75, 3.05) is 0 Å². The molecule has 0 saturated carbocycles. The average Bonchev–Trinajstić information content (AvgIpc) is 2.64. The Balaban J connectivity index is 2.55. The lowest BCUT2D eigenvalue weighted by atomic mass is 10.0. The molecule has 3 nitrogen and oxygen atoms in total. The summed E-state index contributed by atoms with van der Waals surface area (Å²) >= 11 is 3.53. The van der Waals surface area contributed by atoms with Gasteiger partial charge in [-0.15, -0.1) is 0 Å². The Hall–Kier alpha value is -1.13. The number of halogens is 1. The van der Waals surface area contributed by atoms with E-state index in [-0.39, 0.29) is 12.1 Å². The smallest absolute Gasteiger partial charge is 0.0920 e. The summed E-state index contributed by atoms with van der Waals surface area (Å²) in [5.74, 6) is 0. The van der Waals surface area contributed by atoms with Crippen LogP contribution in [0.4, 0.5) is 0 Å². The van der Waals surface area contributed by atoms with E-state index in [0.29, 0.717) is 0 Å². The highest BCUT2D eigenvalue weighted by Crippen LogP contribution is 2.27. The summed E-state index contributed by atoms with van der Waals surface area (Å²) in [6.07, 6.45) is 1.00. The molecule has 0 bridgehead atoms. The highest BCUT2D eigenvalue weighted by Gasteiger charge is 2.23. The number of nitrogens with two attached hydrogens (primary N) is 1. The van der Waals surface area contributed by atoms with Crippen molar-refractivity contribution in [2.24, 2.45) is 5.73 Å². The third kappa shape index (κ3) is 2.81. The first-order valence-electron chi connectivity index (χ1n) is 7.01. The fourth-order valence-electron chi connectivity index (χ4n) is 2.84. The second-order valence-electron chi connectivity index (χ2n) is 5.31. The fourth-order valence-corrected chi connectivity index (χ4v) is 3.25. The Bertz CT molecular complexity index is 602. The summed E-state index contributed by atoms with van der Waals surface area (Å²) in [5.41, 5.74) is 11.1. The van der Waals surface area contributed by atoms with E-state index in [2.05, 4.69) is 53.5 Å². The maximum absolute atomic E-state index is 6.24. The van der Waals surface area contributed by atoms with Crippen molar-refractivity contribution >= 4 is 15.9 Å². The minimum Gasteiger partial charge on any atom is -0.326 e. The average molecular weight is 336 g/mol. The first kappa shape index (κ1) is 15.3. The molecule has 2 atom stereocenters. The third-order valence-electron chi connectivity index (χ3n) is 3.78. The monoisotopic (exact) mass is 335 g/mol. The van der Waals surface area contributed by atoms with E-state index < -0.39 is 0 Å². The summed E-state index contributed by atoms with van der Waals surface area (Å²) < 4.78 is 3.15. The quantitative estimate of drug-likeness (QED) is 0.924. The lowest BCUT2D eigenvalue weighted by Crippen LogP contribution is -2.31. The molecule has 0 aliphatic carbocycles. The molecule has 2 rings (SSSR count). The second-order valence-corrected chi connectivity index (χ2v) is 6.22. The van der Waals surface area contributed by atoms with Gasteiger partial charge < -0.3 is 5.73 Å². The summed E-state index contributed by atoms with van der Waals surface area (Å²) in [6.45, 7) is 8.41. The van der Waals surface area contributed by atoms with Gasteiger partial charge in [0.25, 0.3) is 0 Å². The summed E-state index contributed by atoms with van der Waals surface area (Å²) in [5, 5.41) is 4.73. The van der Waals surface area contributed by atoms with Gasteiger partial charge in [0.2, 0.25) is 0 Å². The molecular weight excluding hydrogens is 314 g/mol. The maximum Gasteiger partial charge on any atom is 0.0920 e. The van der Waals surface area contributed by atoms with Gasteiger partial charge in [-0.3, -0.25) is 4.68 Å². The predicted octanol–water partition coefficient (Wildman–Crippen LogP) is 3.76. The molecule has 2 N–H and O–H groups in total. The van der Waals surface area contributed by atoms with Crippen LogP contribution in [-0.4, -0.2) is 15.8 Å². The molecule has 0 spiro atoms. The molecular formula is C16H22BrN3. The molecule has 2 unspecified atom stereocenters. The van der Waals surface area contributed by atoms with Crippen molar-refractivity contribution < 1.29 is 0 Å². The number of aromatic nitrogens is 2. The predicted molar refractivity (Wildman–Crippen MR) is 87.0 cm³/mol. The zero-order valence-corrected chi connectivity index (χ0v) is 14.1. The minimum atomic E-state index is -0.00740. The van der Waals surface area contributed by atoms with Gasteiger partial charge in [-0.1, -0.05) is 35.0 Å². The Morgan fingerprint density at radius 2 is 2.05 bits per heavy atom. The molecule has 0 aliphatic rings. The molecule has 0 saturated heterocycles. The van der Waals surface area contributed by atoms with Crippen molar-refractivity contribution in [3.8, 4) is 0 Å². The molecule has 20 heavy (non-hydrogen) atoms. The van der Waals surface area contributed by atoms with Crippen LogP contribution >= 0.6 is 15.9 Å². The van der Waals surface area contributed by atoms with E-state index in [1.165, 1.54) is 16.8 Å². The molecule has 0 amide bonds. The molecule has 2 aromatic rings. The lowest BCUT2D eigenvalue weighted by Gasteiger charge is -2.24. The van der Waals surface area contributed by atoms with Crippen LogP contribution in [0.3, 0.4) is 0 Å². The number of hydrogen-bond donors (Lipinski definition) is 1. The Morgan fingerprint density at radius 1 is 1.35 bits per heavy atom. The van der Waals surface area contributed by atoms with Crippen LogP contribution in [0, 0.1) is 13.8 Å². The summed E-state index contributed by atoms with van der Waals surface area (Å²) in [7, 11) is 0. The minimum absolute atomic E-state index is 0.00740. The van der Waals surface area contributed by atoms with Gasteiger partial charge >= 0.3 is 0 Å². The molecule has 0 aliphatic heterocycles. The molecule has 1 aromatic heterocycles. The van der Waals surface area contributed by atoms with Gasteiger partial charge in [-0.25, -0.2) is 0 Å². The summed E-state index contributed by atoms with van der Waals surface area (Å²) in [4.78, 5) is 0. The lowest BCUT2D eigenvalue weighted by molar-refractivity contribution is 0.443. The topological polar surface area (TPSA) is 43.8 Å². The maximum atomic E-state index is 6.24. The number of rotatable bonds is 4. The molecule has 0 fully saturated rings. The molecule has 0 radical (unpaired) electrons. The van der Waals surface area contributed by atoms with E-state index in [0.717, 1.165) is 16.6 Å². The zero-order valence-electron chi connectivity index (χ0n) is 12.5. The number of nitrogens with zero attached hydrogens (tertiary/aromatic N) is 2. The molecule has 1 heterocycles. The third-order valence-corrected chi connectivity index (χ3v) is 4.27. The van der Waals surface area contributed by atoms with E-state index in [4.69, 9.17) is 10.8 Å². The molecule has 108 valence electrons. The van der Waals surface area contributed by atoms with Gasteiger partial charge in [0.15, 0.2) is 0 Å². The van der Waals surface area contributed by atoms with Crippen molar-refractivity contribution in [2.45, 2.75) is 46.2 Å².